The molecule has 0 spiro atoms. The first kappa shape index (κ1) is 18.6. The quantitative estimate of drug-likeness (QED) is 0.448. The van der Waals surface area contributed by atoms with Gasteiger partial charge in [-0.25, -0.2) is 19.7 Å². The van der Waals surface area contributed by atoms with Crippen molar-refractivity contribution in [3.8, 4) is 0 Å². The van der Waals surface area contributed by atoms with Gasteiger partial charge in [0.15, 0.2) is 5.65 Å². The van der Waals surface area contributed by atoms with Crippen molar-refractivity contribution >= 4 is 50.6 Å². The summed E-state index contributed by atoms with van der Waals surface area (Å²) in [6.45, 7) is 2.81. The molecule has 3 aromatic heterocycles. The van der Waals surface area contributed by atoms with Crippen molar-refractivity contribution in [3.05, 3.63) is 66.9 Å². The van der Waals surface area contributed by atoms with Gasteiger partial charge in [0.25, 0.3) is 0 Å². The van der Waals surface area contributed by atoms with E-state index in [2.05, 4.69) is 25.2 Å². The molecule has 4 heterocycles. The first-order chi connectivity index (χ1) is 15.7. The van der Waals surface area contributed by atoms with Crippen LogP contribution >= 0.6 is 0 Å². The number of nitrogens with zero attached hydrogens (tertiary/aromatic N) is 5. The van der Waals surface area contributed by atoms with Gasteiger partial charge in [-0.2, -0.15) is 0 Å². The summed E-state index contributed by atoms with van der Waals surface area (Å²) in [4.78, 5) is 34.1. The van der Waals surface area contributed by atoms with Crippen molar-refractivity contribution in [1.29, 1.82) is 0 Å². The number of hydrogen-bond donors (Lipinski definition) is 2. The van der Waals surface area contributed by atoms with E-state index in [1.165, 1.54) is 0 Å². The standard InChI is InChI=1S/C24H21N7O/c32-24(31-13-11-30(12-14-31)21-7-3-4-10-25-21)26-16-8-9-18-17(15-16)22-23(28-18)29-20-6-2-1-5-19(20)27-22/h1-10,15H,11-14H2,(H,26,32)(H,28,29). The Morgan fingerprint density at radius 1 is 0.906 bits per heavy atom. The van der Waals surface area contributed by atoms with Crippen molar-refractivity contribution in [2.75, 3.05) is 36.4 Å². The van der Waals surface area contributed by atoms with Gasteiger partial charge < -0.3 is 20.1 Å². The monoisotopic (exact) mass is 423 g/mol. The summed E-state index contributed by atoms with van der Waals surface area (Å²) in [5, 5.41) is 3.98. The maximum Gasteiger partial charge on any atom is 0.321 e. The SMILES string of the molecule is O=C(Nc1ccc2[nH]c3nc4ccccc4nc3c2c1)N1CCN(c2ccccn2)CC1. The molecule has 0 unspecified atom stereocenters. The number of aromatic nitrogens is 4. The number of pyridine rings is 1. The number of piperazine rings is 1. The molecule has 5 aromatic rings. The van der Waals surface area contributed by atoms with E-state index in [9.17, 15) is 4.79 Å². The average Bonchev–Trinajstić information content (AvgIpc) is 3.20. The van der Waals surface area contributed by atoms with Gasteiger partial charge in [-0.15, -0.1) is 0 Å². The molecule has 2 N–H and O–H groups in total. The van der Waals surface area contributed by atoms with E-state index in [0.29, 0.717) is 13.1 Å². The van der Waals surface area contributed by atoms with E-state index in [-0.39, 0.29) is 6.03 Å². The number of carbonyl (C=O) groups is 1. The molecule has 0 atom stereocenters. The highest BCUT2D eigenvalue weighted by Gasteiger charge is 2.22. The molecular weight excluding hydrogens is 402 g/mol. The maximum absolute atomic E-state index is 12.9. The van der Waals surface area contributed by atoms with Crippen LogP contribution in [0.5, 0.6) is 0 Å². The zero-order chi connectivity index (χ0) is 21.5. The molecular formula is C24H21N7O. The Morgan fingerprint density at radius 2 is 1.69 bits per heavy atom. The molecule has 8 nitrogen and oxygen atoms in total. The number of nitrogens with one attached hydrogen (secondary N) is 2. The second-order valence-electron chi connectivity index (χ2n) is 7.89. The number of H-pyrrole nitrogens is 1. The zero-order valence-electron chi connectivity index (χ0n) is 17.3. The number of rotatable bonds is 2. The van der Waals surface area contributed by atoms with Crippen molar-refractivity contribution < 1.29 is 4.79 Å². The van der Waals surface area contributed by atoms with E-state index >= 15 is 0 Å². The second kappa shape index (κ2) is 7.49. The minimum Gasteiger partial charge on any atom is -0.353 e. The van der Waals surface area contributed by atoms with Gasteiger partial charge >= 0.3 is 6.03 Å². The van der Waals surface area contributed by atoms with Crippen molar-refractivity contribution in [2.45, 2.75) is 0 Å². The third-order valence-electron chi connectivity index (χ3n) is 5.89. The maximum atomic E-state index is 12.9. The molecule has 1 fully saturated rings. The third-order valence-corrected chi connectivity index (χ3v) is 5.89. The highest BCUT2D eigenvalue weighted by Crippen LogP contribution is 2.27. The first-order valence-corrected chi connectivity index (χ1v) is 10.6. The van der Waals surface area contributed by atoms with Gasteiger partial charge in [-0.3, -0.25) is 0 Å². The Balaban J connectivity index is 1.21. The largest absolute Gasteiger partial charge is 0.353 e. The fraction of sp³-hybridized carbons (Fsp3) is 0.167. The fourth-order valence-electron chi connectivity index (χ4n) is 4.21. The van der Waals surface area contributed by atoms with Crippen molar-refractivity contribution in [3.63, 3.8) is 0 Å². The number of carbonyl (C=O) groups excluding carboxylic acids is 1. The first-order valence-electron chi connectivity index (χ1n) is 10.6. The summed E-state index contributed by atoms with van der Waals surface area (Å²) >= 11 is 0. The summed E-state index contributed by atoms with van der Waals surface area (Å²) in [5.41, 5.74) is 4.93. The summed E-state index contributed by atoms with van der Waals surface area (Å²) < 4.78 is 0. The van der Waals surface area contributed by atoms with E-state index in [1.54, 1.807) is 6.20 Å². The van der Waals surface area contributed by atoms with Crippen molar-refractivity contribution in [2.24, 2.45) is 0 Å². The Bertz CT molecular complexity index is 1440. The predicted molar refractivity (Wildman–Crippen MR) is 126 cm³/mol. The van der Waals surface area contributed by atoms with Crippen LogP contribution in [0.1, 0.15) is 0 Å². The zero-order valence-corrected chi connectivity index (χ0v) is 17.3. The highest BCUT2D eigenvalue weighted by atomic mass is 16.2. The minimum atomic E-state index is -0.0959. The predicted octanol–water partition coefficient (Wildman–Crippen LogP) is 4.01. The summed E-state index contributed by atoms with van der Waals surface area (Å²) in [5.74, 6) is 0.950. The molecule has 1 aliphatic rings. The number of amides is 2. The number of para-hydroxylation sites is 2. The number of anilines is 2. The Hall–Kier alpha value is -4.20. The van der Waals surface area contributed by atoms with Gasteiger partial charge in [0.1, 0.15) is 11.3 Å². The highest BCUT2D eigenvalue weighted by molar-refractivity contribution is 6.07. The van der Waals surface area contributed by atoms with Gasteiger partial charge in [0, 0.05) is 49.0 Å². The van der Waals surface area contributed by atoms with Crippen LogP contribution in [0.3, 0.4) is 0 Å². The molecule has 2 aromatic carbocycles. The molecule has 0 aliphatic carbocycles. The van der Waals surface area contributed by atoms with Crippen LogP contribution in [-0.4, -0.2) is 57.0 Å². The lowest BCUT2D eigenvalue weighted by atomic mass is 10.2. The lowest BCUT2D eigenvalue weighted by Crippen LogP contribution is -2.50. The normalized spacial score (nSPS) is 14.4. The second-order valence-corrected chi connectivity index (χ2v) is 7.89. The summed E-state index contributed by atoms with van der Waals surface area (Å²) in [6, 6.07) is 19.4. The van der Waals surface area contributed by atoms with Crippen molar-refractivity contribution in [1.82, 2.24) is 24.8 Å². The van der Waals surface area contributed by atoms with Crippen LogP contribution in [0.4, 0.5) is 16.3 Å². The Kier molecular flexibility index (Phi) is 4.34. The molecule has 6 rings (SSSR count). The molecule has 0 saturated carbocycles. The van der Waals surface area contributed by atoms with E-state index in [4.69, 9.17) is 4.98 Å². The molecule has 2 amide bonds. The van der Waals surface area contributed by atoms with Gasteiger partial charge in [0.2, 0.25) is 0 Å². The minimum absolute atomic E-state index is 0.0959. The van der Waals surface area contributed by atoms with Crippen LogP contribution in [-0.2, 0) is 0 Å². The van der Waals surface area contributed by atoms with Crippen LogP contribution in [0.2, 0.25) is 0 Å². The third kappa shape index (κ3) is 3.26. The topological polar surface area (TPSA) is 90.0 Å². The lowest BCUT2D eigenvalue weighted by Gasteiger charge is -2.35. The van der Waals surface area contributed by atoms with E-state index in [1.807, 2.05) is 65.6 Å². The Labute approximate surface area is 183 Å². The fourth-order valence-corrected chi connectivity index (χ4v) is 4.21. The lowest BCUT2D eigenvalue weighted by molar-refractivity contribution is 0.208. The molecule has 1 aliphatic heterocycles. The van der Waals surface area contributed by atoms with Crippen LogP contribution in [0.15, 0.2) is 66.9 Å². The number of benzene rings is 2. The number of hydrogen-bond acceptors (Lipinski definition) is 5. The number of urea groups is 1. The van der Waals surface area contributed by atoms with Gasteiger partial charge in [0.05, 0.1) is 11.0 Å². The van der Waals surface area contributed by atoms with Crippen LogP contribution in [0, 0.1) is 0 Å². The number of fused-ring (bicyclic) bond motifs is 4. The Morgan fingerprint density at radius 3 is 2.47 bits per heavy atom. The molecule has 0 radical (unpaired) electrons. The van der Waals surface area contributed by atoms with Crippen LogP contribution < -0.4 is 10.2 Å². The molecule has 8 heteroatoms. The summed E-state index contributed by atoms with van der Waals surface area (Å²) in [7, 11) is 0. The van der Waals surface area contributed by atoms with Crippen LogP contribution in [0.25, 0.3) is 33.1 Å². The smallest absolute Gasteiger partial charge is 0.321 e. The molecule has 1 saturated heterocycles. The van der Waals surface area contributed by atoms with Gasteiger partial charge in [-0.1, -0.05) is 18.2 Å². The molecule has 0 bridgehead atoms. The van der Waals surface area contributed by atoms with E-state index in [0.717, 1.165) is 57.7 Å². The van der Waals surface area contributed by atoms with Gasteiger partial charge in [-0.05, 0) is 42.5 Å². The number of aromatic amines is 1. The van der Waals surface area contributed by atoms with E-state index < -0.39 is 0 Å². The summed E-state index contributed by atoms with van der Waals surface area (Å²) in [6.07, 6.45) is 1.79. The molecule has 32 heavy (non-hydrogen) atoms. The average molecular weight is 423 g/mol. The molecule has 158 valence electrons.